The summed E-state index contributed by atoms with van der Waals surface area (Å²) in [7, 11) is 0. The Hall–Kier alpha value is -4.05. The number of nitrogens with zero attached hydrogens (tertiary/aromatic N) is 4. The Bertz CT molecular complexity index is 1270. The van der Waals surface area contributed by atoms with Gasteiger partial charge in [0.25, 0.3) is 0 Å². The first-order valence-corrected chi connectivity index (χ1v) is 8.51. The SMILES string of the molecule is N#Cc1ccc(-c2ccccc2F)c(-c2cnnc(-c3ccc(F)cc3F)n2)c1. The smallest absolute Gasteiger partial charge is 0.185 e. The minimum Gasteiger partial charge on any atom is -0.225 e. The Morgan fingerprint density at radius 1 is 0.759 bits per heavy atom. The van der Waals surface area contributed by atoms with Gasteiger partial charge in [-0.1, -0.05) is 24.3 Å². The molecule has 140 valence electrons. The number of nitriles is 1. The molecule has 0 saturated heterocycles. The van der Waals surface area contributed by atoms with Gasteiger partial charge in [-0.05, 0) is 35.9 Å². The zero-order valence-electron chi connectivity index (χ0n) is 14.8. The van der Waals surface area contributed by atoms with Crippen LogP contribution in [0, 0.1) is 28.8 Å². The summed E-state index contributed by atoms with van der Waals surface area (Å²) < 4.78 is 41.7. The van der Waals surface area contributed by atoms with Crippen molar-refractivity contribution in [3.05, 3.63) is 89.9 Å². The predicted octanol–water partition coefficient (Wildman–Crippen LogP) is 5.16. The summed E-state index contributed by atoms with van der Waals surface area (Å²) in [5.41, 5.74) is 1.84. The fourth-order valence-corrected chi connectivity index (χ4v) is 2.96. The molecular weight excluding hydrogens is 377 g/mol. The van der Waals surface area contributed by atoms with Crippen LogP contribution in [-0.4, -0.2) is 15.2 Å². The molecule has 1 aromatic heterocycles. The van der Waals surface area contributed by atoms with Crippen molar-refractivity contribution < 1.29 is 13.2 Å². The van der Waals surface area contributed by atoms with Crippen molar-refractivity contribution in [1.29, 1.82) is 5.26 Å². The third-order valence-electron chi connectivity index (χ3n) is 4.32. The van der Waals surface area contributed by atoms with Gasteiger partial charge in [-0.15, -0.1) is 5.10 Å². The predicted molar refractivity (Wildman–Crippen MR) is 101 cm³/mol. The van der Waals surface area contributed by atoms with E-state index in [1.807, 2.05) is 6.07 Å². The van der Waals surface area contributed by atoms with Gasteiger partial charge in [-0.3, -0.25) is 0 Å². The van der Waals surface area contributed by atoms with Gasteiger partial charge < -0.3 is 0 Å². The van der Waals surface area contributed by atoms with Crippen LogP contribution in [0.5, 0.6) is 0 Å². The molecule has 29 heavy (non-hydrogen) atoms. The Balaban J connectivity index is 1.91. The molecule has 0 radical (unpaired) electrons. The van der Waals surface area contributed by atoms with E-state index in [-0.39, 0.29) is 17.1 Å². The van der Waals surface area contributed by atoms with Crippen molar-refractivity contribution >= 4 is 0 Å². The van der Waals surface area contributed by atoms with E-state index in [0.29, 0.717) is 22.3 Å². The molecule has 0 N–H and O–H groups in total. The van der Waals surface area contributed by atoms with E-state index in [2.05, 4.69) is 15.2 Å². The number of rotatable bonds is 3. The summed E-state index contributed by atoms with van der Waals surface area (Å²) in [5, 5.41) is 17.0. The molecule has 4 rings (SSSR count). The molecule has 7 heteroatoms. The zero-order valence-corrected chi connectivity index (χ0v) is 14.8. The summed E-state index contributed by atoms with van der Waals surface area (Å²) in [6.45, 7) is 0. The first-order valence-electron chi connectivity index (χ1n) is 8.51. The van der Waals surface area contributed by atoms with Gasteiger partial charge in [-0.25, -0.2) is 18.2 Å². The highest BCUT2D eigenvalue weighted by atomic mass is 19.1. The molecule has 0 spiro atoms. The lowest BCUT2D eigenvalue weighted by Gasteiger charge is -2.11. The number of benzene rings is 3. The van der Waals surface area contributed by atoms with Crippen molar-refractivity contribution in [2.75, 3.05) is 0 Å². The van der Waals surface area contributed by atoms with Crippen LogP contribution in [0.2, 0.25) is 0 Å². The number of hydrogen-bond donors (Lipinski definition) is 0. The van der Waals surface area contributed by atoms with Gasteiger partial charge in [0.05, 0.1) is 29.1 Å². The Kier molecular flexibility index (Phi) is 4.75. The summed E-state index contributed by atoms with van der Waals surface area (Å²) >= 11 is 0. The molecule has 4 aromatic rings. The summed E-state index contributed by atoms with van der Waals surface area (Å²) in [6.07, 6.45) is 1.34. The Morgan fingerprint density at radius 3 is 2.31 bits per heavy atom. The van der Waals surface area contributed by atoms with Crippen LogP contribution in [0.15, 0.2) is 66.9 Å². The third-order valence-corrected chi connectivity index (χ3v) is 4.32. The largest absolute Gasteiger partial charge is 0.225 e. The van der Waals surface area contributed by atoms with Gasteiger partial charge >= 0.3 is 0 Å². The van der Waals surface area contributed by atoms with Gasteiger partial charge in [0, 0.05) is 17.2 Å². The van der Waals surface area contributed by atoms with E-state index in [1.54, 1.807) is 36.4 Å². The second-order valence-corrected chi connectivity index (χ2v) is 6.14. The maximum atomic E-state index is 14.4. The highest BCUT2D eigenvalue weighted by molar-refractivity contribution is 5.83. The van der Waals surface area contributed by atoms with Gasteiger partial charge in [0.2, 0.25) is 0 Å². The van der Waals surface area contributed by atoms with Gasteiger partial charge in [-0.2, -0.15) is 10.4 Å². The summed E-state index contributed by atoms with van der Waals surface area (Å²) in [4.78, 5) is 4.33. The summed E-state index contributed by atoms with van der Waals surface area (Å²) in [5.74, 6) is -2.05. The highest BCUT2D eigenvalue weighted by Gasteiger charge is 2.16. The molecule has 0 amide bonds. The fraction of sp³-hybridized carbons (Fsp3) is 0. The van der Waals surface area contributed by atoms with Crippen LogP contribution in [0.25, 0.3) is 33.8 Å². The fourth-order valence-electron chi connectivity index (χ4n) is 2.96. The lowest BCUT2D eigenvalue weighted by atomic mass is 9.95. The topological polar surface area (TPSA) is 62.5 Å². The van der Waals surface area contributed by atoms with Crippen LogP contribution in [0.4, 0.5) is 13.2 Å². The molecular formula is C22H11F3N4. The molecule has 0 atom stereocenters. The number of halogens is 3. The maximum Gasteiger partial charge on any atom is 0.185 e. The van der Waals surface area contributed by atoms with Gasteiger partial charge in [0.1, 0.15) is 17.5 Å². The first-order chi connectivity index (χ1) is 14.1. The standard InChI is InChI=1S/C22H11F3N4/c23-14-6-8-17(20(25)10-14)22-28-21(12-27-29-22)18-9-13(11-26)5-7-15(18)16-3-1-2-4-19(16)24/h1-10,12H. The average Bonchev–Trinajstić information content (AvgIpc) is 2.74. The summed E-state index contributed by atoms with van der Waals surface area (Å²) in [6, 6.07) is 16.0. The van der Waals surface area contributed by atoms with E-state index in [1.165, 1.54) is 18.3 Å². The minimum atomic E-state index is -0.830. The number of hydrogen-bond acceptors (Lipinski definition) is 4. The van der Waals surface area contributed by atoms with Crippen molar-refractivity contribution in [3.8, 4) is 39.8 Å². The van der Waals surface area contributed by atoms with Crippen LogP contribution in [-0.2, 0) is 0 Å². The lowest BCUT2D eigenvalue weighted by Crippen LogP contribution is -1.99. The minimum absolute atomic E-state index is 0.0235. The molecule has 1 heterocycles. The molecule has 0 fully saturated rings. The van der Waals surface area contributed by atoms with Crippen molar-refractivity contribution in [1.82, 2.24) is 15.2 Å². The van der Waals surface area contributed by atoms with E-state index in [4.69, 9.17) is 0 Å². The van der Waals surface area contributed by atoms with Crippen LogP contribution >= 0.6 is 0 Å². The first kappa shape index (κ1) is 18.3. The van der Waals surface area contributed by atoms with Crippen molar-refractivity contribution in [3.63, 3.8) is 0 Å². The van der Waals surface area contributed by atoms with Crippen LogP contribution < -0.4 is 0 Å². The van der Waals surface area contributed by atoms with E-state index >= 15 is 0 Å². The second kappa shape index (κ2) is 7.52. The molecule has 0 bridgehead atoms. The molecule has 0 aliphatic carbocycles. The Labute approximate surface area is 163 Å². The molecule has 3 aromatic carbocycles. The molecule has 0 saturated carbocycles. The third kappa shape index (κ3) is 3.56. The highest BCUT2D eigenvalue weighted by Crippen LogP contribution is 2.34. The lowest BCUT2D eigenvalue weighted by molar-refractivity contribution is 0.584. The van der Waals surface area contributed by atoms with Crippen molar-refractivity contribution in [2.24, 2.45) is 0 Å². The maximum absolute atomic E-state index is 14.4. The number of aromatic nitrogens is 3. The quantitative estimate of drug-likeness (QED) is 0.486. The molecule has 0 aliphatic rings. The second-order valence-electron chi connectivity index (χ2n) is 6.14. The molecule has 0 unspecified atom stereocenters. The Morgan fingerprint density at radius 2 is 1.55 bits per heavy atom. The zero-order chi connectivity index (χ0) is 20.4. The van der Waals surface area contributed by atoms with Crippen molar-refractivity contribution in [2.45, 2.75) is 0 Å². The van der Waals surface area contributed by atoms with E-state index < -0.39 is 17.5 Å². The molecule has 4 nitrogen and oxygen atoms in total. The van der Waals surface area contributed by atoms with E-state index in [0.717, 1.165) is 12.1 Å². The van der Waals surface area contributed by atoms with Crippen LogP contribution in [0.1, 0.15) is 5.56 Å². The molecule has 0 aliphatic heterocycles. The average molecular weight is 388 g/mol. The monoisotopic (exact) mass is 388 g/mol. The van der Waals surface area contributed by atoms with Gasteiger partial charge in [0.15, 0.2) is 5.82 Å². The van der Waals surface area contributed by atoms with Crippen LogP contribution in [0.3, 0.4) is 0 Å². The normalized spacial score (nSPS) is 10.6. The van der Waals surface area contributed by atoms with E-state index in [9.17, 15) is 18.4 Å².